The number of Topliss-reactive ketones (excluding diaryl/α,β-unsaturated/α-hetero) is 1. The van der Waals surface area contributed by atoms with Crippen molar-refractivity contribution < 1.29 is 4.79 Å². The summed E-state index contributed by atoms with van der Waals surface area (Å²) in [7, 11) is 0. The molecular formula is C16H20N2O. The van der Waals surface area contributed by atoms with Crippen molar-refractivity contribution >= 4 is 5.78 Å². The number of ketones is 1. The molecule has 0 saturated carbocycles. The Morgan fingerprint density at radius 1 is 1.21 bits per heavy atom. The quantitative estimate of drug-likeness (QED) is 0.795. The van der Waals surface area contributed by atoms with Gasteiger partial charge in [0.2, 0.25) is 0 Å². The number of aromatic nitrogens is 2. The highest BCUT2D eigenvalue weighted by molar-refractivity contribution is 5.80. The van der Waals surface area contributed by atoms with Crippen LogP contribution in [0.25, 0.3) is 0 Å². The molecule has 0 saturated heterocycles. The maximum atomic E-state index is 11.9. The number of hydrogen-bond donors (Lipinski definition) is 0. The SMILES string of the molecule is CC(C)n1ccc(CC(=O)CCc2ccccc2)n1. The Kier molecular flexibility index (Phi) is 4.50. The summed E-state index contributed by atoms with van der Waals surface area (Å²) in [5.41, 5.74) is 2.08. The first-order valence-electron chi connectivity index (χ1n) is 6.75. The first-order valence-corrected chi connectivity index (χ1v) is 6.75. The van der Waals surface area contributed by atoms with E-state index in [0.717, 1.165) is 12.1 Å². The van der Waals surface area contributed by atoms with Gasteiger partial charge in [0, 0.05) is 18.7 Å². The molecule has 2 aromatic rings. The summed E-state index contributed by atoms with van der Waals surface area (Å²) in [5, 5.41) is 4.40. The van der Waals surface area contributed by atoms with E-state index in [9.17, 15) is 4.79 Å². The summed E-state index contributed by atoms with van der Waals surface area (Å²) in [4.78, 5) is 11.9. The Hall–Kier alpha value is -1.90. The molecule has 0 radical (unpaired) electrons. The van der Waals surface area contributed by atoms with Gasteiger partial charge in [-0.3, -0.25) is 9.48 Å². The van der Waals surface area contributed by atoms with E-state index in [4.69, 9.17) is 0 Å². The predicted octanol–water partition coefficient (Wildman–Crippen LogP) is 3.21. The number of carbonyl (C=O) groups excluding carboxylic acids is 1. The van der Waals surface area contributed by atoms with E-state index in [1.165, 1.54) is 5.56 Å². The second-order valence-electron chi connectivity index (χ2n) is 5.08. The van der Waals surface area contributed by atoms with Gasteiger partial charge in [-0.1, -0.05) is 30.3 Å². The molecule has 0 N–H and O–H groups in total. The Labute approximate surface area is 114 Å². The zero-order valence-electron chi connectivity index (χ0n) is 11.5. The molecule has 3 heteroatoms. The monoisotopic (exact) mass is 256 g/mol. The van der Waals surface area contributed by atoms with E-state index >= 15 is 0 Å². The van der Waals surface area contributed by atoms with E-state index in [0.29, 0.717) is 18.9 Å². The van der Waals surface area contributed by atoms with Gasteiger partial charge >= 0.3 is 0 Å². The van der Waals surface area contributed by atoms with Gasteiger partial charge in [-0.2, -0.15) is 5.10 Å². The van der Waals surface area contributed by atoms with E-state index < -0.39 is 0 Å². The average molecular weight is 256 g/mol. The van der Waals surface area contributed by atoms with Crippen LogP contribution in [0.15, 0.2) is 42.6 Å². The van der Waals surface area contributed by atoms with Crippen molar-refractivity contribution in [1.29, 1.82) is 0 Å². The normalized spacial score (nSPS) is 10.9. The predicted molar refractivity (Wildman–Crippen MR) is 76.1 cm³/mol. The van der Waals surface area contributed by atoms with Gasteiger partial charge in [-0.25, -0.2) is 0 Å². The fraction of sp³-hybridized carbons (Fsp3) is 0.375. The topological polar surface area (TPSA) is 34.9 Å². The van der Waals surface area contributed by atoms with Crippen molar-refractivity contribution in [3.8, 4) is 0 Å². The minimum Gasteiger partial charge on any atom is -0.299 e. The summed E-state index contributed by atoms with van der Waals surface area (Å²) in [6.07, 6.45) is 3.76. The standard InChI is InChI=1S/C16H20N2O/c1-13(2)18-11-10-15(17-18)12-16(19)9-8-14-6-4-3-5-7-14/h3-7,10-11,13H,8-9,12H2,1-2H3. The molecule has 0 atom stereocenters. The zero-order chi connectivity index (χ0) is 13.7. The van der Waals surface area contributed by atoms with Gasteiger partial charge < -0.3 is 0 Å². The fourth-order valence-electron chi connectivity index (χ4n) is 1.98. The van der Waals surface area contributed by atoms with Crippen LogP contribution in [-0.4, -0.2) is 15.6 Å². The van der Waals surface area contributed by atoms with Crippen LogP contribution in [0.2, 0.25) is 0 Å². The highest BCUT2D eigenvalue weighted by Crippen LogP contribution is 2.08. The van der Waals surface area contributed by atoms with Gasteiger partial charge in [-0.05, 0) is 31.9 Å². The first-order chi connectivity index (χ1) is 9.15. The Balaban J connectivity index is 1.84. The Morgan fingerprint density at radius 3 is 2.58 bits per heavy atom. The van der Waals surface area contributed by atoms with Crippen molar-refractivity contribution in [3.05, 3.63) is 53.9 Å². The van der Waals surface area contributed by atoms with Gasteiger partial charge in [0.25, 0.3) is 0 Å². The molecule has 3 nitrogen and oxygen atoms in total. The lowest BCUT2D eigenvalue weighted by atomic mass is 10.1. The van der Waals surface area contributed by atoms with Crippen molar-refractivity contribution in [1.82, 2.24) is 9.78 Å². The van der Waals surface area contributed by atoms with Crippen LogP contribution in [0.3, 0.4) is 0 Å². The third-order valence-corrected chi connectivity index (χ3v) is 3.11. The summed E-state index contributed by atoms with van der Waals surface area (Å²) >= 11 is 0. The summed E-state index contributed by atoms with van der Waals surface area (Å²) < 4.78 is 1.89. The summed E-state index contributed by atoms with van der Waals surface area (Å²) in [6, 6.07) is 12.4. The molecule has 0 fully saturated rings. The molecule has 0 spiro atoms. The Bertz CT molecular complexity index is 529. The van der Waals surface area contributed by atoms with E-state index in [1.807, 2.05) is 35.1 Å². The summed E-state index contributed by atoms with van der Waals surface area (Å²) in [6.45, 7) is 4.15. The Morgan fingerprint density at radius 2 is 1.95 bits per heavy atom. The molecule has 0 aliphatic heterocycles. The second-order valence-corrected chi connectivity index (χ2v) is 5.08. The van der Waals surface area contributed by atoms with E-state index in [1.54, 1.807) is 0 Å². The number of nitrogens with zero attached hydrogens (tertiary/aromatic N) is 2. The van der Waals surface area contributed by atoms with E-state index in [-0.39, 0.29) is 5.78 Å². The largest absolute Gasteiger partial charge is 0.299 e. The van der Waals surface area contributed by atoms with Crippen LogP contribution in [0.4, 0.5) is 0 Å². The molecule has 19 heavy (non-hydrogen) atoms. The third-order valence-electron chi connectivity index (χ3n) is 3.11. The van der Waals surface area contributed by atoms with Crippen LogP contribution < -0.4 is 0 Å². The molecular weight excluding hydrogens is 236 g/mol. The molecule has 0 amide bonds. The molecule has 0 bridgehead atoms. The van der Waals surface area contributed by atoms with Gasteiger partial charge in [0.05, 0.1) is 12.1 Å². The molecule has 1 aromatic heterocycles. The van der Waals surface area contributed by atoms with Crippen LogP contribution in [-0.2, 0) is 17.6 Å². The molecule has 2 rings (SSSR count). The highest BCUT2D eigenvalue weighted by Gasteiger charge is 2.08. The zero-order valence-corrected chi connectivity index (χ0v) is 11.5. The lowest BCUT2D eigenvalue weighted by Gasteiger charge is -2.03. The van der Waals surface area contributed by atoms with Crippen LogP contribution in [0.5, 0.6) is 0 Å². The maximum absolute atomic E-state index is 11.9. The lowest BCUT2D eigenvalue weighted by molar-refractivity contribution is -0.118. The van der Waals surface area contributed by atoms with Crippen molar-refractivity contribution in [3.63, 3.8) is 0 Å². The number of hydrogen-bond acceptors (Lipinski definition) is 2. The van der Waals surface area contributed by atoms with Crippen molar-refractivity contribution in [2.24, 2.45) is 0 Å². The lowest BCUT2D eigenvalue weighted by Crippen LogP contribution is -2.07. The number of benzene rings is 1. The number of rotatable bonds is 6. The minimum absolute atomic E-state index is 0.248. The smallest absolute Gasteiger partial charge is 0.139 e. The van der Waals surface area contributed by atoms with Crippen molar-refractivity contribution in [2.75, 3.05) is 0 Å². The maximum Gasteiger partial charge on any atom is 0.139 e. The number of aryl methyl sites for hydroxylation is 1. The molecule has 0 unspecified atom stereocenters. The van der Waals surface area contributed by atoms with Crippen LogP contribution in [0, 0.1) is 0 Å². The van der Waals surface area contributed by atoms with Gasteiger partial charge in [0.15, 0.2) is 0 Å². The first kappa shape index (κ1) is 13.5. The fourth-order valence-corrected chi connectivity index (χ4v) is 1.98. The molecule has 1 heterocycles. The average Bonchev–Trinajstić information content (AvgIpc) is 2.86. The molecule has 0 aliphatic carbocycles. The summed E-state index contributed by atoms with van der Waals surface area (Å²) in [5.74, 6) is 0.248. The number of carbonyl (C=O) groups is 1. The molecule has 1 aromatic carbocycles. The minimum atomic E-state index is 0.248. The molecule has 100 valence electrons. The third kappa shape index (κ3) is 4.05. The van der Waals surface area contributed by atoms with Gasteiger partial charge in [0.1, 0.15) is 5.78 Å². The van der Waals surface area contributed by atoms with Crippen LogP contribution >= 0.6 is 0 Å². The second kappa shape index (κ2) is 6.32. The molecule has 0 aliphatic rings. The van der Waals surface area contributed by atoms with Crippen LogP contribution in [0.1, 0.15) is 37.6 Å². The highest BCUT2D eigenvalue weighted by atomic mass is 16.1. The van der Waals surface area contributed by atoms with Gasteiger partial charge in [-0.15, -0.1) is 0 Å². The van der Waals surface area contributed by atoms with Crippen molar-refractivity contribution in [2.45, 2.75) is 39.2 Å². The van der Waals surface area contributed by atoms with E-state index in [2.05, 4.69) is 31.1 Å².